The maximum Gasteiger partial charge on any atom is 0.193 e. The molecule has 0 spiro atoms. The van der Waals surface area contributed by atoms with Crippen LogP contribution in [-0.4, -0.2) is 74.0 Å². The summed E-state index contributed by atoms with van der Waals surface area (Å²) in [6.45, 7) is 9.12. The Labute approximate surface area is 145 Å². The van der Waals surface area contributed by atoms with Gasteiger partial charge in [-0.1, -0.05) is 0 Å². The van der Waals surface area contributed by atoms with E-state index in [2.05, 4.69) is 35.3 Å². The summed E-state index contributed by atoms with van der Waals surface area (Å²) in [4.78, 5) is 6.79. The fourth-order valence-electron chi connectivity index (χ4n) is 2.95. The van der Waals surface area contributed by atoms with Crippen molar-refractivity contribution in [3.8, 4) is 0 Å². The number of nitrogens with one attached hydrogen (secondary N) is 1. The topological polar surface area (TPSA) is 46.1 Å². The van der Waals surface area contributed by atoms with E-state index in [0.717, 1.165) is 58.1 Å². The molecule has 2 aliphatic heterocycles. The second-order valence-corrected chi connectivity index (χ2v) is 8.53. The van der Waals surface area contributed by atoms with Gasteiger partial charge in [0.1, 0.15) is 0 Å². The van der Waals surface area contributed by atoms with Crippen molar-refractivity contribution in [1.29, 1.82) is 0 Å². The first-order valence-corrected chi connectivity index (χ1v) is 10.0. The van der Waals surface area contributed by atoms with Crippen LogP contribution in [0.25, 0.3) is 0 Å². The fourth-order valence-corrected chi connectivity index (χ4v) is 3.17. The summed E-state index contributed by atoms with van der Waals surface area (Å²) in [6, 6.07) is 0. The number of guanidine groups is 1. The van der Waals surface area contributed by atoms with E-state index in [1.807, 2.05) is 18.8 Å². The Morgan fingerprint density at radius 3 is 2.65 bits per heavy atom. The Morgan fingerprint density at radius 1 is 1.35 bits per heavy atom. The Kier molecular flexibility index (Phi) is 7.50. The van der Waals surface area contributed by atoms with Gasteiger partial charge in [0.15, 0.2) is 5.96 Å². The quantitative estimate of drug-likeness (QED) is 0.592. The molecule has 6 heteroatoms. The number of ether oxygens (including phenoxy) is 2. The Balaban J connectivity index is 1.69. The third-order valence-electron chi connectivity index (χ3n) is 4.72. The molecule has 2 heterocycles. The highest BCUT2D eigenvalue weighted by Gasteiger charge is 2.25. The molecule has 0 saturated carbocycles. The van der Waals surface area contributed by atoms with Crippen LogP contribution in [0.2, 0.25) is 0 Å². The van der Waals surface area contributed by atoms with E-state index in [-0.39, 0.29) is 4.75 Å². The van der Waals surface area contributed by atoms with E-state index in [4.69, 9.17) is 9.47 Å². The summed E-state index contributed by atoms with van der Waals surface area (Å²) in [6.07, 6.45) is 7.33. The number of hydrogen-bond donors (Lipinski definition) is 1. The van der Waals surface area contributed by atoms with Crippen molar-refractivity contribution >= 4 is 17.7 Å². The molecular weight excluding hydrogens is 310 g/mol. The Morgan fingerprint density at radius 2 is 2.09 bits per heavy atom. The highest BCUT2D eigenvalue weighted by molar-refractivity contribution is 7.99. The largest absolute Gasteiger partial charge is 0.376 e. The van der Waals surface area contributed by atoms with Crippen LogP contribution in [0.4, 0.5) is 0 Å². The van der Waals surface area contributed by atoms with Gasteiger partial charge in [0.2, 0.25) is 0 Å². The Hall–Kier alpha value is -0.460. The van der Waals surface area contributed by atoms with Crippen molar-refractivity contribution < 1.29 is 9.47 Å². The third-order valence-corrected chi connectivity index (χ3v) is 5.97. The lowest BCUT2D eigenvalue weighted by atomic mass is 10.1. The van der Waals surface area contributed by atoms with Gasteiger partial charge in [0.05, 0.1) is 18.8 Å². The van der Waals surface area contributed by atoms with Crippen molar-refractivity contribution in [2.45, 2.75) is 56.5 Å². The van der Waals surface area contributed by atoms with Crippen LogP contribution >= 0.6 is 11.8 Å². The molecule has 0 aliphatic carbocycles. The minimum absolute atomic E-state index is 0.221. The van der Waals surface area contributed by atoms with Crippen LogP contribution in [-0.2, 0) is 9.47 Å². The lowest BCUT2D eigenvalue weighted by Crippen LogP contribution is -2.49. The summed E-state index contributed by atoms with van der Waals surface area (Å²) in [5.41, 5.74) is 0. The normalized spacial score (nSPS) is 24.3. The average molecular weight is 344 g/mol. The molecule has 2 aliphatic rings. The van der Waals surface area contributed by atoms with Crippen molar-refractivity contribution in [2.24, 2.45) is 4.99 Å². The molecule has 1 N–H and O–H groups in total. The molecule has 0 aromatic carbocycles. The van der Waals surface area contributed by atoms with Crippen LogP contribution in [0.5, 0.6) is 0 Å². The second-order valence-electron chi connectivity index (χ2n) is 7.02. The zero-order valence-corrected chi connectivity index (χ0v) is 16.0. The SMILES string of the molecule is CN=C(NCC(C)(C)SC)N1CCC(OCC2CCCO2)CC1. The molecule has 134 valence electrons. The van der Waals surface area contributed by atoms with Gasteiger partial charge in [-0.25, -0.2) is 0 Å². The van der Waals surface area contributed by atoms with Gasteiger partial charge in [-0.2, -0.15) is 11.8 Å². The predicted molar refractivity (Wildman–Crippen MR) is 98.5 cm³/mol. The smallest absolute Gasteiger partial charge is 0.193 e. The first-order chi connectivity index (χ1) is 11.0. The molecule has 1 atom stereocenters. The zero-order valence-electron chi connectivity index (χ0n) is 15.1. The van der Waals surface area contributed by atoms with Crippen LogP contribution in [0.1, 0.15) is 39.5 Å². The Bertz CT molecular complexity index is 376. The summed E-state index contributed by atoms with van der Waals surface area (Å²) in [5, 5.41) is 3.52. The summed E-state index contributed by atoms with van der Waals surface area (Å²) in [7, 11) is 1.87. The van der Waals surface area contributed by atoms with Crippen LogP contribution in [0.15, 0.2) is 4.99 Å². The number of hydrogen-bond acceptors (Lipinski definition) is 4. The number of likely N-dealkylation sites (tertiary alicyclic amines) is 1. The van der Waals surface area contributed by atoms with E-state index < -0.39 is 0 Å². The van der Waals surface area contributed by atoms with Crippen LogP contribution in [0, 0.1) is 0 Å². The van der Waals surface area contributed by atoms with E-state index in [1.54, 1.807) is 0 Å². The first kappa shape index (κ1) is 18.9. The molecule has 2 saturated heterocycles. The molecule has 5 nitrogen and oxygen atoms in total. The second kappa shape index (κ2) is 9.14. The van der Waals surface area contributed by atoms with E-state index in [1.165, 1.54) is 6.42 Å². The lowest BCUT2D eigenvalue weighted by molar-refractivity contribution is -0.0367. The van der Waals surface area contributed by atoms with Gasteiger partial charge in [0.25, 0.3) is 0 Å². The van der Waals surface area contributed by atoms with Crippen molar-refractivity contribution in [3.05, 3.63) is 0 Å². The average Bonchev–Trinajstić information content (AvgIpc) is 3.08. The van der Waals surface area contributed by atoms with Gasteiger partial charge in [-0.15, -0.1) is 0 Å². The van der Waals surface area contributed by atoms with Gasteiger partial charge < -0.3 is 19.7 Å². The van der Waals surface area contributed by atoms with E-state index >= 15 is 0 Å². The summed E-state index contributed by atoms with van der Waals surface area (Å²) < 4.78 is 11.9. The molecule has 23 heavy (non-hydrogen) atoms. The predicted octanol–water partition coefficient (Wildman–Crippen LogP) is 2.36. The molecule has 2 fully saturated rings. The minimum Gasteiger partial charge on any atom is -0.376 e. The molecule has 0 amide bonds. The van der Waals surface area contributed by atoms with E-state index in [9.17, 15) is 0 Å². The standard InChI is InChI=1S/C17H33N3O2S/c1-17(2,23-4)13-19-16(18-3)20-9-7-14(8-10-20)22-12-15-6-5-11-21-15/h14-15H,5-13H2,1-4H3,(H,18,19). The van der Waals surface area contributed by atoms with E-state index in [0.29, 0.717) is 12.2 Å². The lowest BCUT2D eigenvalue weighted by Gasteiger charge is -2.35. The van der Waals surface area contributed by atoms with Gasteiger partial charge in [0, 0.05) is 38.0 Å². The van der Waals surface area contributed by atoms with Crippen molar-refractivity contribution in [3.63, 3.8) is 0 Å². The number of piperidine rings is 1. The number of rotatable bonds is 6. The van der Waals surface area contributed by atoms with Crippen molar-refractivity contribution in [1.82, 2.24) is 10.2 Å². The third kappa shape index (κ3) is 6.16. The molecule has 2 rings (SSSR count). The maximum absolute atomic E-state index is 6.04. The van der Waals surface area contributed by atoms with Gasteiger partial charge in [-0.3, -0.25) is 4.99 Å². The van der Waals surface area contributed by atoms with Crippen LogP contribution in [0.3, 0.4) is 0 Å². The first-order valence-electron chi connectivity index (χ1n) is 8.78. The fraction of sp³-hybridized carbons (Fsp3) is 0.941. The molecule has 1 unspecified atom stereocenters. The zero-order chi connectivity index (χ0) is 16.7. The van der Waals surface area contributed by atoms with Gasteiger partial charge in [-0.05, 0) is 45.8 Å². The highest BCUT2D eigenvalue weighted by atomic mass is 32.2. The number of thioether (sulfide) groups is 1. The minimum atomic E-state index is 0.221. The highest BCUT2D eigenvalue weighted by Crippen LogP contribution is 2.20. The summed E-state index contributed by atoms with van der Waals surface area (Å²) in [5.74, 6) is 1.02. The monoisotopic (exact) mass is 343 g/mol. The molecule has 0 bridgehead atoms. The number of nitrogens with zero attached hydrogens (tertiary/aromatic N) is 2. The molecule has 0 aromatic heterocycles. The van der Waals surface area contributed by atoms with Crippen LogP contribution < -0.4 is 5.32 Å². The summed E-state index contributed by atoms with van der Waals surface area (Å²) >= 11 is 1.88. The molecular formula is C17H33N3O2S. The van der Waals surface area contributed by atoms with Gasteiger partial charge >= 0.3 is 0 Å². The van der Waals surface area contributed by atoms with Crippen molar-refractivity contribution in [2.75, 3.05) is 46.2 Å². The molecule has 0 radical (unpaired) electrons. The number of aliphatic imine (C=N–C) groups is 1. The molecule has 0 aromatic rings. The maximum atomic E-state index is 6.04.